The number of ether oxygens (including phenoxy) is 7. The van der Waals surface area contributed by atoms with Gasteiger partial charge in [-0.25, -0.2) is 0 Å². The van der Waals surface area contributed by atoms with Crippen LogP contribution in [0.5, 0.6) is 0 Å². The van der Waals surface area contributed by atoms with Crippen LogP contribution in [0.15, 0.2) is 0 Å². The van der Waals surface area contributed by atoms with Gasteiger partial charge in [-0.05, 0) is 20.8 Å². The molecule has 4 heterocycles. The smallest absolute Gasteiger partial charge is 0.217 e. The van der Waals surface area contributed by atoms with Crippen LogP contribution in [0.3, 0.4) is 0 Å². The largest absolute Gasteiger partial charge is 0.394 e. The topological polar surface area (TPSA) is 296 Å². The summed E-state index contributed by atoms with van der Waals surface area (Å²) in [5.41, 5.74) is 0. The highest BCUT2D eigenvalue weighted by Crippen LogP contribution is 2.34. The molecule has 19 heteroatoms. The van der Waals surface area contributed by atoms with Gasteiger partial charge < -0.3 is 89.5 Å². The zero-order chi connectivity index (χ0) is 33.5. The van der Waals surface area contributed by atoms with Gasteiger partial charge >= 0.3 is 0 Å². The Morgan fingerprint density at radius 2 is 1.00 bits per heavy atom. The second-order valence-corrected chi connectivity index (χ2v) is 11.8. The molecule has 0 saturated carbocycles. The van der Waals surface area contributed by atoms with Crippen LogP contribution in [0.2, 0.25) is 0 Å². The Morgan fingerprint density at radius 3 is 1.44 bits per heavy atom. The number of aliphatic hydroxyl groups excluding tert-OH is 10. The minimum atomic E-state index is -1.84. The molecular formula is C26H45NO18. The van der Waals surface area contributed by atoms with Crippen molar-refractivity contribution < 1.29 is 89.0 Å². The van der Waals surface area contributed by atoms with Crippen LogP contribution in [0, 0.1) is 0 Å². The molecule has 0 aliphatic carbocycles. The van der Waals surface area contributed by atoms with E-state index in [4.69, 9.17) is 33.2 Å². The van der Waals surface area contributed by atoms with Gasteiger partial charge in [-0.3, -0.25) is 4.79 Å². The Morgan fingerprint density at radius 1 is 0.578 bits per heavy atom. The van der Waals surface area contributed by atoms with E-state index in [1.165, 1.54) is 20.8 Å². The van der Waals surface area contributed by atoms with Crippen molar-refractivity contribution in [1.82, 2.24) is 5.32 Å². The molecule has 4 fully saturated rings. The number of nitrogens with one attached hydrogen (secondary N) is 1. The number of hydrogen-bond donors (Lipinski definition) is 11. The van der Waals surface area contributed by atoms with Crippen LogP contribution >= 0.6 is 0 Å². The van der Waals surface area contributed by atoms with Crippen LogP contribution < -0.4 is 5.32 Å². The molecule has 19 nitrogen and oxygen atoms in total. The Kier molecular flexibility index (Phi) is 12.1. The maximum absolute atomic E-state index is 11.6. The van der Waals surface area contributed by atoms with E-state index < -0.39 is 135 Å². The summed E-state index contributed by atoms with van der Waals surface area (Å²) in [5.74, 6) is -0.609. The first-order valence-electron chi connectivity index (χ1n) is 14.7. The normalized spacial score (nSPS) is 52.8. The van der Waals surface area contributed by atoms with Crippen molar-refractivity contribution in [3.05, 3.63) is 0 Å². The first kappa shape index (κ1) is 36.6. The lowest BCUT2D eigenvalue weighted by atomic mass is 9.95. The molecule has 0 aromatic rings. The molecule has 0 unspecified atom stereocenters. The monoisotopic (exact) mass is 659 g/mol. The zero-order valence-corrected chi connectivity index (χ0v) is 25.0. The molecule has 11 N–H and O–H groups in total. The van der Waals surface area contributed by atoms with Crippen LogP contribution in [0.4, 0.5) is 0 Å². The molecule has 4 aliphatic heterocycles. The minimum absolute atomic E-state index is 0.609. The quantitative estimate of drug-likeness (QED) is 0.115. The maximum atomic E-state index is 11.6. The Balaban J connectivity index is 1.49. The lowest BCUT2D eigenvalue weighted by Gasteiger charge is -2.49. The van der Waals surface area contributed by atoms with E-state index >= 15 is 0 Å². The first-order valence-corrected chi connectivity index (χ1v) is 14.7. The van der Waals surface area contributed by atoms with Gasteiger partial charge in [-0.15, -0.1) is 0 Å². The average Bonchev–Trinajstić information content (AvgIpc) is 2.99. The van der Waals surface area contributed by atoms with Crippen molar-refractivity contribution in [2.45, 2.75) is 150 Å². The van der Waals surface area contributed by atoms with Gasteiger partial charge in [-0.2, -0.15) is 0 Å². The molecule has 4 rings (SSSR count). The number of aliphatic hydroxyl groups is 10. The molecular weight excluding hydrogens is 614 g/mol. The van der Waals surface area contributed by atoms with E-state index in [0.717, 1.165) is 6.92 Å². The summed E-state index contributed by atoms with van der Waals surface area (Å²) in [4.78, 5) is 11.6. The molecule has 262 valence electrons. The van der Waals surface area contributed by atoms with Gasteiger partial charge in [0.25, 0.3) is 0 Å². The molecule has 4 aliphatic rings. The Labute approximate surface area is 257 Å². The van der Waals surface area contributed by atoms with Gasteiger partial charge in [-0.1, -0.05) is 0 Å². The fraction of sp³-hybridized carbons (Fsp3) is 0.962. The molecule has 0 radical (unpaired) electrons. The molecule has 20 atom stereocenters. The van der Waals surface area contributed by atoms with Crippen molar-refractivity contribution in [2.24, 2.45) is 0 Å². The molecule has 0 aromatic carbocycles. The maximum Gasteiger partial charge on any atom is 0.217 e. The standard InChI is InChI=1S/C26H45NO18/c1-6-12(30)16(34)17(35)24(39-6)44-21-13(31)8(3)41-26(19(21)37)45-22-14(32)7(2)40-25(18(22)36)43-20-10(5-28)42-23(38)11(15(20)33)27-9(4)29/h6-8,10-26,28,30-38H,5H2,1-4H3,(H,27,29)/t6-,7-,8-,10+,11+,12-,13-,14-,15+,16+,17+,18+,19+,20+,21+,22+,23+,24-,25+,26-/m0/s1. The minimum Gasteiger partial charge on any atom is -0.394 e. The summed E-state index contributed by atoms with van der Waals surface area (Å²) < 4.78 is 39.1. The predicted octanol–water partition coefficient (Wildman–Crippen LogP) is -6.52. The van der Waals surface area contributed by atoms with E-state index in [1.54, 1.807) is 0 Å². The summed E-state index contributed by atoms with van der Waals surface area (Å²) in [7, 11) is 0. The number of amides is 1. The fourth-order valence-electron chi connectivity index (χ4n) is 5.77. The van der Waals surface area contributed by atoms with Crippen LogP contribution in [-0.2, 0) is 38.0 Å². The number of carbonyl (C=O) groups is 1. The predicted molar refractivity (Wildman–Crippen MR) is 141 cm³/mol. The number of carbonyl (C=O) groups excluding carboxylic acids is 1. The molecule has 0 bridgehead atoms. The van der Waals surface area contributed by atoms with Crippen molar-refractivity contribution in [1.29, 1.82) is 0 Å². The summed E-state index contributed by atoms with van der Waals surface area (Å²) in [6.07, 6.45) is -28.9. The van der Waals surface area contributed by atoms with E-state index in [2.05, 4.69) is 5.32 Å². The third-order valence-electron chi connectivity index (χ3n) is 8.49. The SMILES string of the molecule is CC(=O)N[C@@H]1[C@@H](O)[C@H](O[C@H]2O[C@@H](C)[C@H](O)[C@@H](O[C@@H]3O[C@@H](C)[C@H](O)[C@@H](O[C@@H]4O[C@@H](C)[C@H](O)[C@@H](O)[C@H]4O)[C@H]3O)[C@H]2O)[C@@H](CO)O[C@H]1O. The van der Waals surface area contributed by atoms with E-state index in [-0.39, 0.29) is 0 Å². The Hall–Kier alpha value is -1.21. The van der Waals surface area contributed by atoms with E-state index in [9.17, 15) is 55.9 Å². The third-order valence-corrected chi connectivity index (χ3v) is 8.49. The molecule has 45 heavy (non-hydrogen) atoms. The van der Waals surface area contributed by atoms with Crippen LogP contribution in [0.25, 0.3) is 0 Å². The lowest BCUT2D eigenvalue weighted by molar-refractivity contribution is -0.382. The van der Waals surface area contributed by atoms with Crippen molar-refractivity contribution in [3.8, 4) is 0 Å². The van der Waals surface area contributed by atoms with Crippen molar-refractivity contribution in [2.75, 3.05) is 6.61 Å². The lowest BCUT2D eigenvalue weighted by Crippen LogP contribution is -2.68. The van der Waals surface area contributed by atoms with Crippen LogP contribution in [-0.4, -0.2) is 186 Å². The molecule has 4 saturated heterocycles. The highest BCUT2D eigenvalue weighted by atomic mass is 16.8. The van der Waals surface area contributed by atoms with Crippen LogP contribution in [0.1, 0.15) is 27.7 Å². The van der Waals surface area contributed by atoms with E-state index in [1.807, 2.05) is 0 Å². The van der Waals surface area contributed by atoms with Gasteiger partial charge in [0.2, 0.25) is 5.91 Å². The second-order valence-electron chi connectivity index (χ2n) is 11.8. The zero-order valence-electron chi connectivity index (χ0n) is 25.0. The van der Waals surface area contributed by atoms with Gasteiger partial charge in [0, 0.05) is 6.92 Å². The van der Waals surface area contributed by atoms with Gasteiger partial charge in [0.15, 0.2) is 25.2 Å². The summed E-state index contributed by atoms with van der Waals surface area (Å²) in [5, 5.41) is 107. The second kappa shape index (κ2) is 14.9. The van der Waals surface area contributed by atoms with Crippen molar-refractivity contribution in [3.63, 3.8) is 0 Å². The summed E-state index contributed by atoms with van der Waals surface area (Å²) in [6.45, 7) is 4.63. The summed E-state index contributed by atoms with van der Waals surface area (Å²) in [6, 6.07) is -1.37. The molecule has 0 spiro atoms. The fourth-order valence-corrected chi connectivity index (χ4v) is 5.77. The molecule has 0 aromatic heterocycles. The number of hydrogen-bond acceptors (Lipinski definition) is 18. The highest BCUT2D eigenvalue weighted by molar-refractivity contribution is 5.73. The molecule has 1 amide bonds. The Bertz CT molecular complexity index is 980. The summed E-state index contributed by atoms with van der Waals surface area (Å²) >= 11 is 0. The third kappa shape index (κ3) is 7.60. The van der Waals surface area contributed by atoms with Gasteiger partial charge in [0.1, 0.15) is 79.3 Å². The van der Waals surface area contributed by atoms with Crippen molar-refractivity contribution >= 4 is 5.91 Å². The average molecular weight is 660 g/mol. The number of rotatable bonds is 8. The highest BCUT2D eigenvalue weighted by Gasteiger charge is 2.54. The van der Waals surface area contributed by atoms with E-state index in [0.29, 0.717) is 0 Å². The first-order chi connectivity index (χ1) is 21.1. The van der Waals surface area contributed by atoms with Gasteiger partial charge in [0.05, 0.1) is 24.9 Å².